The van der Waals surface area contributed by atoms with Crippen molar-refractivity contribution < 1.29 is 23.9 Å². The van der Waals surface area contributed by atoms with Crippen molar-refractivity contribution in [2.24, 2.45) is 0 Å². The molecule has 7 nitrogen and oxygen atoms in total. The van der Waals surface area contributed by atoms with E-state index in [-0.39, 0.29) is 12.5 Å². The van der Waals surface area contributed by atoms with E-state index in [2.05, 4.69) is 5.32 Å². The summed E-state index contributed by atoms with van der Waals surface area (Å²) in [6.45, 7) is 3.36. The van der Waals surface area contributed by atoms with Crippen molar-refractivity contribution in [3.05, 3.63) is 59.7 Å². The SMILES string of the molecule is CC(=O)N1C[C@@H](C(=O)OCC(=O)NCc2ccccc2C)Oc2ccccc21. The Morgan fingerprint density at radius 2 is 1.86 bits per heavy atom. The summed E-state index contributed by atoms with van der Waals surface area (Å²) in [5.41, 5.74) is 2.67. The Morgan fingerprint density at radius 3 is 2.61 bits per heavy atom. The van der Waals surface area contributed by atoms with Crippen LogP contribution in [0.4, 0.5) is 5.69 Å². The van der Waals surface area contributed by atoms with E-state index >= 15 is 0 Å². The molecule has 0 saturated carbocycles. The first-order chi connectivity index (χ1) is 13.5. The van der Waals surface area contributed by atoms with Gasteiger partial charge in [-0.15, -0.1) is 0 Å². The van der Waals surface area contributed by atoms with Crippen LogP contribution in [-0.4, -0.2) is 37.0 Å². The van der Waals surface area contributed by atoms with Gasteiger partial charge in [-0.05, 0) is 30.2 Å². The second-order valence-corrected chi connectivity index (χ2v) is 6.51. The molecule has 7 heteroatoms. The van der Waals surface area contributed by atoms with Gasteiger partial charge in [-0.2, -0.15) is 0 Å². The summed E-state index contributed by atoms with van der Waals surface area (Å²) in [5, 5.41) is 2.72. The molecule has 1 aliphatic heterocycles. The fourth-order valence-corrected chi connectivity index (χ4v) is 2.94. The van der Waals surface area contributed by atoms with Crippen molar-refractivity contribution in [1.82, 2.24) is 5.32 Å². The molecular weight excluding hydrogens is 360 g/mol. The number of hydrogen-bond acceptors (Lipinski definition) is 5. The van der Waals surface area contributed by atoms with Crippen LogP contribution in [-0.2, 0) is 25.7 Å². The van der Waals surface area contributed by atoms with Crippen LogP contribution in [0, 0.1) is 6.92 Å². The average Bonchev–Trinajstić information content (AvgIpc) is 2.70. The minimum absolute atomic E-state index is 0.0377. The maximum Gasteiger partial charge on any atom is 0.349 e. The van der Waals surface area contributed by atoms with Crippen LogP contribution in [0.1, 0.15) is 18.1 Å². The van der Waals surface area contributed by atoms with Gasteiger partial charge in [0.1, 0.15) is 5.75 Å². The molecule has 1 heterocycles. The molecule has 2 aromatic rings. The Kier molecular flexibility index (Phi) is 5.93. The summed E-state index contributed by atoms with van der Waals surface area (Å²) in [6, 6.07) is 14.7. The van der Waals surface area contributed by atoms with Gasteiger partial charge in [-0.1, -0.05) is 36.4 Å². The zero-order chi connectivity index (χ0) is 20.1. The second-order valence-electron chi connectivity index (χ2n) is 6.51. The molecule has 0 bridgehead atoms. The lowest BCUT2D eigenvalue weighted by atomic mass is 10.1. The first kappa shape index (κ1) is 19.4. The molecule has 28 heavy (non-hydrogen) atoms. The normalized spacial score (nSPS) is 15.2. The van der Waals surface area contributed by atoms with Gasteiger partial charge >= 0.3 is 5.97 Å². The van der Waals surface area contributed by atoms with E-state index in [0.717, 1.165) is 11.1 Å². The monoisotopic (exact) mass is 382 g/mol. The second kappa shape index (κ2) is 8.56. The largest absolute Gasteiger partial charge is 0.475 e. The number of carbonyl (C=O) groups is 3. The fraction of sp³-hybridized carbons (Fsp3) is 0.286. The van der Waals surface area contributed by atoms with E-state index in [1.54, 1.807) is 24.3 Å². The van der Waals surface area contributed by atoms with Crippen molar-refractivity contribution in [2.75, 3.05) is 18.1 Å². The third-order valence-electron chi connectivity index (χ3n) is 4.50. The predicted octanol–water partition coefficient (Wildman–Crippen LogP) is 1.97. The van der Waals surface area contributed by atoms with Crippen molar-refractivity contribution >= 4 is 23.5 Å². The molecular formula is C21H22N2O5. The smallest absolute Gasteiger partial charge is 0.349 e. The Hall–Kier alpha value is -3.35. The molecule has 0 aliphatic carbocycles. The highest BCUT2D eigenvalue weighted by atomic mass is 16.6. The Balaban J connectivity index is 1.54. The number of para-hydroxylation sites is 2. The standard InChI is InChI=1S/C21H22N2O5/c1-14-7-3-4-8-16(14)11-22-20(25)13-27-21(26)19-12-23(15(2)24)17-9-5-6-10-18(17)28-19/h3-10,19H,11-13H2,1-2H3,(H,22,25)/t19-/m0/s1. The maximum absolute atomic E-state index is 12.3. The van der Waals surface area contributed by atoms with E-state index in [0.29, 0.717) is 18.0 Å². The minimum Gasteiger partial charge on any atom is -0.475 e. The first-order valence-corrected chi connectivity index (χ1v) is 8.97. The van der Waals surface area contributed by atoms with Gasteiger partial charge in [0.25, 0.3) is 5.91 Å². The van der Waals surface area contributed by atoms with Gasteiger partial charge in [0.2, 0.25) is 12.0 Å². The van der Waals surface area contributed by atoms with E-state index in [4.69, 9.17) is 9.47 Å². The molecule has 2 amide bonds. The summed E-state index contributed by atoms with van der Waals surface area (Å²) >= 11 is 0. The van der Waals surface area contributed by atoms with Gasteiger partial charge in [-0.3, -0.25) is 9.59 Å². The number of amides is 2. The zero-order valence-corrected chi connectivity index (χ0v) is 15.8. The van der Waals surface area contributed by atoms with Gasteiger partial charge in [0.15, 0.2) is 6.61 Å². The Bertz CT molecular complexity index is 896. The molecule has 0 fully saturated rings. The van der Waals surface area contributed by atoms with Crippen molar-refractivity contribution in [3.63, 3.8) is 0 Å². The number of carbonyl (C=O) groups excluding carboxylic acids is 3. The molecule has 1 aliphatic rings. The quantitative estimate of drug-likeness (QED) is 0.799. The summed E-state index contributed by atoms with van der Waals surface area (Å²) in [5.74, 6) is -0.873. The molecule has 0 spiro atoms. The number of esters is 1. The topological polar surface area (TPSA) is 84.9 Å². The van der Waals surface area contributed by atoms with Crippen LogP contribution in [0.5, 0.6) is 5.75 Å². The number of hydrogen-bond donors (Lipinski definition) is 1. The number of ether oxygens (including phenoxy) is 2. The lowest BCUT2D eigenvalue weighted by Gasteiger charge is -2.33. The Morgan fingerprint density at radius 1 is 1.14 bits per heavy atom. The summed E-state index contributed by atoms with van der Waals surface area (Å²) in [4.78, 5) is 37.7. The number of nitrogens with zero attached hydrogens (tertiary/aromatic N) is 1. The van der Waals surface area contributed by atoms with E-state index in [1.165, 1.54) is 11.8 Å². The third-order valence-corrected chi connectivity index (χ3v) is 4.50. The molecule has 3 rings (SSSR count). The number of rotatable bonds is 5. The molecule has 0 aromatic heterocycles. The van der Waals surface area contributed by atoms with Gasteiger partial charge in [-0.25, -0.2) is 4.79 Å². The van der Waals surface area contributed by atoms with Crippen LogP contribution in [0.15, 0.2) is 48.5 Å². The van der Waals surface area contributed by atoms with E-state index in [9.17, 15) is 14.4 Å². The van der Waals surface area contributed by atoms with Crippen LogP contribution >= 0.6 is 0 Å². The fourth-order valence-electron chi connectivity index (χ4n) is 2.94. The van der Waals surface area contributed by atoms with Crippen LogP contribution in [0.25, 0.3) is 0 Å². The lowest BCUT2D eigenvalue weighted by Crippen LogP contribution is -2.47. The zero-order valence-electron chi connectivity index (χ0n) is 15.8. The van der Waals surface area contributed by atoms with Gasteiger partial charge < -0.3 is 19.7 Å². The average molecular weight is 382 g/mol. The van der Waals surface area contributed by atoms with Crippen LogP contribution in [0.2, 0.25) is 0 Å². The molecule has 1 atom stereocenters. The number of benzene rings is 2. The molecule has 146 valence electrons. The summed E-state index contributed by atoms with van der Waals surface area (Å²) in [7, 11) is 0. The van der Waals surface area contributed by atoms with Gasteiger partial charge in [0.05, 0.1) is 12.2 Å². The molecule has 0 radical (unpaired) electrons. The number of nitrogens with one attached hydrogen (secondary N) is 1. The molecule has 2 aromatic carbocycles. The highest BCUT2D eigenvalue weighted by molar-refractivity contribution is 5.95. The number of anilines is 1. The van der Waals surface area contributed by atoms with Crippen molar-refractivity contribution in [1.29, 1.82) is 0 Å². The number of aryl methyl sites for hydroxylation is 1. The highest BCUT2D eigenvalue weighted by Gasteiger charge is 2.33. The molecule has 0 unspecified atom stereocenters. The third kappa shape index (κ3) is 4.49. The molecule has 0 saturated heterocycles. The lowest BCUT2D eigenvalue weighted by molar-refractivity contribution is -0.155. The summed E-state index contributed by atoms with van der Waals surface area (Å²) < 4.78 is 10.7. The van der Waals surface area contributed by atoms with E-state index < -0.39 is 24.6 Å². The van der Waals surface area contributed by atoms with E-state index in [1.807, 2.05) is 31.2 Å². The maximum atomic E-state index is 12.3. The molecule has 1 N–H and O–H groups in total. The first-order valence-electron chi connectivity index (χ1n) is 8.97. The Labute approximate surface area is 163 Å². The van der Waals surface area contributed by atoms with Crippen LogP contribution in [0.3, 0.4) is 0 Å². The minimum atomic E-state index is -0.983. The van der Waals surface area contributed by atoms with Crippen molar-refractivity contribution in [3.8, 4) is 5.75 Å². The van der Waals surface area contributed by atoms with Crippen molar-refractivity contribution in [2.45, 2.75) is 26.5 Å². The summed E-state index contributed by atoms with van der Waals surface area (Å²) in [6.07, 6.45) is -0.983. The number of fused-ring (bicyclic) bond motifs is 1. The highest BCUT2D eigenvalue weighted by Crippen LogP contribution is 2.33. The van der Waals surface area contributed by atoms with Crippen LogP contribution < -0.4 is 15.0 Å². The predicted molar refractivity (Wildman–Crippen MR) is 103 cm³/mol. The van der Waals surface area contributed by atoms with Gasteiger partial charge in [0, 0.05) is 13.5 Å².